The molecule has 2 heterocycles. The van der Waals surface area contributed by atoms with Crippen molar-refractivity contribution in [1.29, 1.82) is 0 Å². The van der Waals surface area contributed by atoms with Gasteiger partial charge < -0.3 is 10.5 Å². The summed E-state index contributed by atoms with van der Waals surface area (Å²) in [5.41, 5.74) is 7.46. The second kappa shape index (κ2) is 4.73. The molecule has 1 fully saturated rings. The van der Waals surface area contributed by atoms with Crippen molar-refractivity contribution in [2.75, 3.05) is 5.75 Å². The molecule has 1 spiro atoms. The summed E-state index contributed by atoms with van der Waals surface area (Å²) < 4.78 is 7.45. The second-order valence-electron chi connectivity index (χ2n) is 5.28. The van der Waals surface area contributed by atoms with Gasteiger partial charge in [0.25, 0.3) is 0 Å². The molecule has 1 saturated heterocycles. The highest BCUT2D eigenvalue weighted by atomic mass is 79.9. The first-order chi connectivity index (χ1) is 8.61. The summed E-state index contributed by atoms with van der Waals surface area (Å²) in [5, 5.41) is 0.522. The third-order valence-electron chi connectivity index (χ3n) is 4.10. The Morgan fingerprint density at radius 1 is 1.50 bits per heavy atom. The van der Waals surface area contributed by atoms with Crippen LogP contribution >= 0.6 is 27.7 Å². The van der Waals surface area contributed by atoms with Crippen molar-refractivity contribution in [3.8, 4) is 5.75 Å². The fraction of sp³-hybridized carbons (Fsp3) is 0.571. The normalized spacial score (nSPS) is 35.1. The van der Waals surface area contributed by atoms with Crippen molar-refractivity contribution in [3.63, 3.8) is 0 Å². The van der Waals surface area contributed by atoms with Crippen LogP contribution in [0.4, 0.5) is 0 Å². The number of halogens is 1. The molecule has 4 heteroatoms. The molecule has 0 bridgehead atoms. The lowest BCUT2D eigenvalue weighted by Gasteiger charge is -2.47. The maximum Gasteiger partial charge on any atom is 0.125 e. The maximum absolute atomic E-state index is 6.38. The standard InChI is InChI=1S/C14H18BrNOS/c1-9-14(5-2-6-18-9)8-12(16)11-7-10(15)3-4-13(11)17-14/h3-4,7,9,12H,2,5-6,8,16H2,1H3/t9?,12-,14?/m1/s1. The Morgan fingerprint density at radius 2 is 2.33 bits per heavy atom. The largest absolute Gasteiger partial charge is 0.486 e. The van der Waals surface area contributed by atoms with E-state index in [0.29, 0.717) is 5.25 Å². The van der Waals surface area contributed by atoms with Gasteiger partial charge in [0.2, 0.25) is 0 Å². The van der Waals surface area contributed by atoms with E-state index in [-0.39, 0.29) is 11.6 Å². The molecular formula is C14H18BrNOS. The molecule has 0 amide bonds. The quantitative estimate of drug-likeness (QED) is 0.785. The average molecular weight is 328 g/mol. The lowest BCUT2D eigenvalue weighted by atomic mass is 9.82. The van der Waals surface area contributed by atoms with Gasteiger partial charge in [-0.1, -0.05) is 15.9 Å². The van der Waals surface area contributed by atoms with Gasteiger partial charge in [-0.3, -0.25) is 0 Å². The molecule has 1 aromatic rings. The topological polar surface area (TPSA) is 35.2 Å². The summed E-state index contributed by atoms with van der Waals surface area (Å²) in [7, 11) is 0. The van der Waals surface area contributed by atoms with E-state index in [2.05, 4.69) is 28.9 Å². The van der Waals surface area contributed by atoms with Crippen LogP contribution in [0, 0.1) is 0 Å². The predicted octanol–water partition coefficient (Wildman–Crippen LogP) is 3.89. The van der Waals surface area contributed by atoms with Gasteiger partial charge in [0.05, 0.1) is 0 Å². The molecular weight excluding hydrogens is 310 g/mol. The Balaban J connectivity index is 1.98. The average Bonchev–Trinajstić information content (AvgIpc) is 2.34. The summed E-state index contributed by atoms with van der Waals surface area (Å²) in [5.74, 6) is 2.22. The van der Waals surface area contributed by atoms with Gasteiger partial charge in [-0.15, -0.1) is 0 Å². The van der Waals surface area contributed by atoms with Crippen molar-refractivity contribution in [2.24, 2.45) is 5.73 Å². The molecule has 2 N–H and O–H groups in total. The maximum atomic E-state index is 6.38. The zero-order valence-corrected chi connectivity index (χ0v) is 12.9. The summed E-state index contributed by atoms with van der Waals surface area (Å²) >= 11 is 5.52. The van der Waals surface area contributed by atoms with Crippen LogP contribution in [0.25, 0.3) is 0 Å². The molecule has 2 aliphatic heterocycles. The van der Waals surface area contributed by atoms with Crippen LogP contribution in [0.15, 0.2) is 22.7 Å². The van der Waals surface area contributed by atoms with Crippen molar-refractivity contribution in [1.82, 2.24) is 0 Å². The lowest BCUT2D eigenvalue weighted by Crippen LogP contribution is -2.51. The van der Waals surface area contributed by atoms with Crippen molar-refractivity contribution < 1.29 is 4.74 Å². The minimum atomic E-state index is -0.0524. The third-order valence-corrected chi connectivity index (χ3v) is 6.05. The van der Waals surface area contributed by atoms with E-state index >= 15 is 0 Å². The Hall–Kier alpha value is -0.190. The summed E-state index contributed by atoms with van der Waals surface area (Å²) in [6.07, 6.45) is 3.29. The molecule has 0 radical (unpaired) electrons. The monoisotopic (exact) mass is 327 g/mol. The van der Waals surface area contributed by atoms with Crippen LogP contribution in [-0.4, -0.2) is 16.6 Å². The van der Waals surface area contributed by atoms with E-state index in [4.69, 9.17) is 10.5 Å². The van der Waals surface area contributed by atoms with Crippen LogP contribution in [-0.2, 0) is 0 Å². The number of hydrogen-bond donors (Lipinski definition) is 1. The Kier molecular flexibility index (Phi) is 3.37. The first kappa shape index (κ1) is 12.8. The molecule has 18 heavy (non-hydrogen) atoms. The molecule has 3 rings (SSSR count). The van der Waals surface area contributed by atoms with Crippen molar-refractivity contribution >= 4 is 27.7 Å². The van der Waals surface area contributed by atoms with E-state index in [1.807, 2.05) is 23.9 Å². The summed E-state index contributed by atoms with van der Waals surface area (Å²) in [6, 6.07) is 6.26. The van der Waals surface area contributed by atoms with Crippen LogP contribution in [0.5, 0.6) is 5.75 Å². The van der Waals surface area contributed by atoms with Gasteiger partial charge in [0, 0.05) is 27.7 Å². The van der Waals surface area contributed by atoms with E-state index in [0.717, 1.165) is 28.6 Å². The third kappa shape index (κ3) is 2.08. The number of fused-ring (bicyclic) bond motifs is 1. The number of thioether (sulfide) groups is 1. The van der Waals surface area contributed by atoms with E-state index in [1.54, 1.807) is 0 Å². The van der Waals surface area contributed by atoms with Gasteiger partial charge in [-0.05, 0) is 43.7 Å². The van der Waals surface area contributed by atoms with Crippen LogP contribution in [0.2, 0.25) is 0 Å². The van der Waals surface area contributed by atoms with Crippen molar-refractivity contribution in [3.05, 3.63) is 28.2 Å². The Labute approximate surface area is 121 Å². The molecule has 0 aliphatic carbocycles. The number of nitrogens with two attached hydrogens (primary N) is 1. The Bertz CT molecular complexity index is 467. The lowest BCUT2D eigenvalue weighted by molar-refractivity contribution is 0.0255. The Morgan fingerprint density at radius 3 is 3.11 bits per heavy atom. The van der Waals surface area contributed by atoms with E-state index in [1.165, 1.54) is 12.2 Å². The molecule has 1 aromatic carbocycles. The summed E-state index contributed by atoms with van der Waals surface area (Å²) in [4.78, 5) is 0. The van der Waals surface area contributed by atoms with Crippen molar-refractivity contribution in [2.45, 2.75) is 43.1 Å². The second-order valence-corrected chi connectivity index (χ2v) is 7.64. The van der Waals surface area contributed by atoms with E-state index < -0.39 is 0 Å². The molecule has 2 nitrogen and oxygen atoms in total. The first-order valence-electron chi connectivity index (χ1n) is 6.46. The zero-order valence-electron chi connectivity index (χ0n) is 10.5. The van der Waals surface area contributed by atoms with Crippen LogP contribution < -0.4 is 10.5 Å². The highest BCUT2D eigenvalue weighted by Gasteiger charge is 2.45. The van der Waals surface area contributed by atoms with Crippen LogP contribution in [0.3, 0.4) is 0 Å². The minimum absolute atomic E-state index is 0.0524. The molecule has 0 aromatic heterocycles. The molecule has 98 valence electrons. The number of ether oxygens (including phenoxy) is 1. The smallest absolute Gasteiger partial charge is 0.125 e. The van der Waals surface area contributed by atoms with Gasteiger partial charge >= 0.3 is 0 Å². The molecule has 2 unspecified atom stereocenters. The number of hydrogen-bond acceptors (Lipinski definition) is 3. The van der Waals surface area contributed by atoms with Gasteiger partial charge in [0.1, 0.15) is 11.4 Å². The fourth-order valence-corrected chi connectivity index (χ4v) is 4.64. The zero-order chi connectivity index (χ0) is 12.8. The molecule has 2 aliphatic rings. The minimum Gasteiger partial charge on any atom is -0.486 e. The van der Waals surface area contributed by atoms with E-state index in [9.17, 15) is 0 Å². The highest BCUT2D eigenvalue weighted by Crippen LogP contribution is 2.48. The SMILES string of the molecule is CC1SCCCC12C[C@@H](N)c1cc(Br)ccc1O2. The predicted molar refractivity (Wildman–Crippen MR) is 80.2 cm³/mol. The number of rotatable bonds is 0. The highest BCUT2D eigenvalue weighted by molar-refractivity contribution is 9.10. The number of benzene rings is 1. The fourth-order valence-electron chi connectivity index (χ4n) is 3.03. The molecule has 3 atom stereocenters. The van der Waals surface area contributed by atoms with Gasteiger partial charge in [-0.25, -0.2) is 0 Å². The van der Waals surface area contributed by atoms with Gasteiger partial charge in [0.15, 0.2) is 0 Å². The summed E-state index contributed by atoms with van der Waals surface area (Å²) in [6.45, 7) is 2.28. The van der Waals surface area contributed by atoms with Gasteiger partial charge in [-0.2, -0.15) is 11.8 Å². The van der Waals surface area contributed by atoms with Crippen LogP contribution in [0.1, 0.15) is 37.8 Å². The first-order valence-corrected chi connectivity index (χ1v) is 8.30. The molecule has 0 saturated carbocycles.